The number of carbonyl (C=O) groups is 1. The summed E-state index contributed by atoms with van der Waals surface area (Å²) in [6.45, 7) is 2.76. The van der Waals surface area contributed by atoms with E-state index in [1.165, 1.54) is 24.3 Å². The molecule has 10 heteroatoms. The first-order valence-corrected chi connectivity index (χ1v) is 10.5. The normalized spacial score (nSPS) is 14.5. The summed E-state index contributed by atoms with van der Waals surface area (Å²) in [6, 6.07) is 8.42. The topological polar surface area (TPSA) is 90.4 Å². The molecule has 1 aromatic heterocycles. The van der Waals surface area contributed by atoms with Crippen molar-refractivity contribution < 1.29 is 32.6 Å². The Labute approximate surface area is 196 Å². The number of aryl methyl sites for hydroxylation is 1. The molecule has 3 aromatic rings. The molecule has 3 N–H and O–H groups in total. The van der Waals surface area contributed by atoms with Crippen LogP contribution in [0.15, 0.2) is 53.5 Å². The smallest absolute Gasteiger partial charge is 0.422 e. The summed E-state index contributed by atoms with van der Waals surface area (Å²) in [5, 5.41) is 19.8. The number of benzene rings is 2. The van der Waals surface area contributed by atoms with Crippen molar-refractivity contribution in [3.05, 3.63) is 92.1 Å². The minimum absolute atomic E-state index is 0.0304. The van der Waals surface area contributed by atoms with Crippen LogP contribution in [-0.2, 0) is 12.0 Å². The highest BCUT2D eigenvalue weighted by atomic mass is 35.5. The second-order valence-electron chi connectivity index (χ2n) is 7.82. The Morgan fingerprint density at radius 3 is 2.26 bits per heavy atom. The number of carboxylic acid groups (broad SMARTS) is 1. The number of hydrogen-bond acceptors (Lipinski definition) is 3. The number of nitrogens with one attached hydrogen (secondary N) is 1. The van der Waals surface area contributed by atoms with Gasteiger partial charge in [-0.25, -0.2) is 9.18 Å². The lowest BCUT2D eigenvalue weighted by molar-refractivity contribution is -0.274. The first-order chi connectivity index (χ1) is 15.8. The molecule has 0 amide bonds. The van der Waals surface area contributed by atoms with Gasteiger partial charge in [-0.1, -0.05) is 43.6 Å². The highest BCUT2D eigenvalue weighted by molar-refractivity contribution is 6.31. The van der Waals surface area contributed by atoms with Crippen LogP contribution in [0, 0.1) is 5.82 Å². The molecule has 5 nitrogen and oxygen atoms in total. The van der Waals surface area contributed by atoms with Gasteiger partial charge >= 0.3 is 12.1 Å². The van der Waals surface area contributed by atoms with Crippen LogP contribution in [0.5, 0.6) is 0 Å². The summed E-state index contributed by atoms with van der Waals surface area (Å²) in [4.78, 5) is 25.1. The fourth-order valence-electron chi connectivity index (χ4n) is 3.82. The summed E-state index contributed by atoms with van der Waals surface area (Å²) < 4.78 is 56.7. The van der Waals surface area contributed by atoms with Crippen LogP contribution in [0.25, 0.3) is 11.1 Å². The van der Waals surface area contributed by atoms with E-state index in [0.29, 0.717) is 5.56 Å². The number of hydrogen-bond donors (Lipinski definition) is 3. The lowest BCUT2D eigenvalue weighted by atomic mass is 9.77. The Balaban J connectivity index is 2.08. The van der Waals surface area contributed by atoms with E-state index in [9.17, 15) is 32.3 Å². The van der Waals surface area contributed by atoms with Crippen LogP contribution >= 0.6 is 11.6 Å². The third-order valence-corrected chi connectivity index (χ3v) is 6.19. The molecular weight excluding hydrogens is 478 g/mol. The van der Waals surface area contributed by atoms with Crippen LogP contribution in [0.1, 0.15) is 46.8 Å². The molecule has 2 unspecified atom stereocenters. The molecule has 0 saturated heterocycles. The second kappa shape index (κ2) is 9.23. The van der Waals surface area contributed by atoms with E-state index < -0.39 is 46.2 Å². The average molecular weight is 498 g/mol. The molecule has 180 valence electrons. The average Bonchev–Trinajstić information content (AvgIpc) is 2.77. The molecule has 0 radical (unpaired) electrons. The molecule has 0 saturated carbocycles. The third-order valence-electron chi connectivity index (χ3n) is 5.86. The van der Waals surface area contributed by atoms with Crippen molar-refractivity contribution in [1.82, 2.24) is 4.98 Å². The molecule has 0 bridgehead atoms. The van der Waals surface area contributed by atoms with E-state index in [1.807, 2.05) is 0 Å². The quantitative estimate of drug-likeness (QED) is 0.384. The maximum atomic E-state index is 14.2. The summed E-state index contributed by atoms with van der Waals surface area (Å²) >= 11 is 6.30. The minimum atomic E-state index is -5.12. The number of aliphatic hydroxyl groups is 1. The van der Waals surface area contributed by atoms with Gasteiger partial charge in [0.2, 0.25) is 0 Å². The maximum Gasteiger partial charge on any atom is 0.422 e. The van der Waals surface area contributed by atoms with E-state index in [0.717, 1.165) is 31.3 Å². The molecule has 0 spiro atoms. The van der Waals surface area contributed by atoms with Gasteiger partial charge in [0.05, 0.1) is 5.56 Å². The van der Waals surface area contributed by atoms with Crippen molar-refractivity contribution in [2.24, 2.45) is 0 Å². The van der Waals surface area contributed by atoms with Crippen molar-refractivity contribution in [2.75, 3.05) is 0 Å². The molecule has 34 heavy (non-hydrogen) atoms. The molecule has 0 fully saturated rings. The van der Waals surface area contributed by atoms with Crippen molar-refractivity contribution in [3.8, 4) is 11.1 Å². The predicted molar refractivity (Wildman–Crippen MR) is 119 cm³/mol. The number of alkyl halides is 3. The minimum Gasteiger partial charge on any atom is -0.478 e. The zero-order valence-electron chi connectivity index (χ0n) is 18.0. The Bertz CT molecular complexity index is 1300. The van der Waals surface area contributed by atoms with Gasteiger partial charge in [-0.15, -0.1) is 0 Å². The number of H-pyrrole nitrogens is 1. The lowest BCUT2D eigenvalue weighted by Gasteiger charge is -2.37. The number of carboxylic acids is 1. The van der Waals surface area contributed by atoms with Crippen molar-refractivity contribution in [2.45, 2.75) is 38.0 Å². The Hall–Kier alpha value is -3.17. The van der Waals surface area contributed by atoms with Crippen LogP contribution in [0.3, 0.4) is 0 Å². The SMILES string of the molecule is CCc1cc(C(O)(C(C)c2ccc(-c3ccc(C(=O)O)c(F)c3)cc2Cl)C(F)(F)F)c[nH]c1=O. The van der Waals surface area contributed by atoms with Crippen LogP contribution in [0.2, 0.25) is 5.02 Å². The molecule has 2 atom stereocenters. The predicted octanol–water partition coefficient (Wildman–Crippen LogP) is 5.65. The second-order valence-corrected chi connectivity index (χ2v) is 8.23. The first-order valence-electron chi connectivity index (χ1n) is 10.1. The van der Waals surface area contributed by atoms with Crippen LogP contribution < -0.4 is 5.56 Å². The van der Waals surface area contributed by atoms with Crippen LogP contribution in [-0.4, -0.2) is 27.3 Å². The number of halogens is 5. The first kappa shape index (κ1) is 25.5. The van der Waals surface area contributed by atoms with Gasteiger partial charge < -0.3 is 15.2 Å². The van der Waals surface area contributed by atoms with Gasteiger partial charge in [0.25, 0.3) is 5.56 Å². The molecule has 3 rings (SSSR count). The fourth-order valence-corrected chi connectivity index (χ4v) is 4.17. The summed E-state index contributed by atoms with van der Waals surface area (Å²) in [5.41, 5.74) is -4.32. The number of aromatic carboxylic acids is 1. The van der Waals surface area contributed by atoms with Gasteiger partial charge in [0.1, 0.15) is 5.82 Å². The number of aromatic amines is 1. The monoisotopic (exact) mass is 497 g/mol. The van der Waals surface area contributed by atoms with E-state index in [2.05, 4.69) is 4.98 Å². The van der Waals surface area contributed by atoms with E-state index in [1.54, 1.807) is 6.92 Å². The van der Waals surface area contributed by atoms with Gasteiger partial charge in [-0.2, -0.15) is 13.2 Å². The Morgan fingerprint density at radius 1 is 1.12 bits per heavy atom. The number of aromatic nitrogens is 1. The zero-order valence-corrected chi connectivity index (χ0v) is 18.8. The lowest BCUT2D eigenvalue weighted by Crippen LogP contribution is -2.47. The summed E-state index contributed by atoms with van der Waals surface area (Å²) in [7, 11) is 0. The van der Waals surface area contributed by atoms with Gasteiger partial charge in [-0.3, -0.25) is 4.79 Å². The van der Waals surface area contributed by atoms with Gasteiger partial charge in [-0.05, 0) is 47.4 Å². The Kier molecular flexibility index (Phi) is 6.91. The summed E-state index contributed by atoms with van der Waals surface area (Å²) in [6.07, 6.45) is -4.12. The molecule has 0 aliphatic rings. The van der Waals surface area contributed by atoms with E-state index in [-0.39, 0.29) is 28.1 Å². The third kappa shape index (κ3) is 4.45. The van der Waals surface area contributed by atoms with E-state index in [4.69, 9.17) is 16.7 Å². The summed E-state index contributed by atoms with van der Waals surface area (Å²) in [5.74, 6) is -4.00. The number of pyridine rings is 1. The van der Waals surface area contributed by atoms with Crippen molar-refractivity contribution in [1.29, 1.82) is 0 Å². The molecule has 0 aliphatic heterocycles. The van der Waals surface area contributed by atoms with E-state index >= 15 is 0 Å². The molecule has 1 heterocycles. The van der Waals surface area contributed by atoms with Crippen LogP contribution in [0.4, 0.5) is 17.6 Å². The zero-order chi connectivity index (χ0) is 25.4. The van der Waals surface area contributed by atoms with Gasteiger partial charge in [0, 0.05) is 28.3 Å². The van der Waals surface area contributed by atoms with Gasteiger partial charge in [0.15, 0.2) is 5.60 Å². The van der Waals surface area contributed by atoms with Crippen molar-refractivity contribution >= 4 is 17.6 Å². The van der Waals surface area contributed by atoms with Crippen molar-refractivity contribution in [3.63, 3.8) is 0 Å². The largest absolute Gasteiger partial charge is 0.478 e. The maximum absolute atomic E-state index is 14.2. The fraction of sp³-hybridized carbons (Fsp3) is 0.250. The molecule has 2 aromatic carbocycles. The number of rotatable bonds is 6. The Morgan fingerprint density at radius 2 is 1.74 bits per heavy atom. The molecular formula is C24H20ClF4NO4. The highest BCUT2D eigenvalue weighted by Gasteiger charge is 2.59. The standard InChI is InChI=1S/C24H20ClF4NO4/c1-3-13-8-16(11-30-21(13)31)23(34,24(27,28)29)12(2)17-6-4-14(9-19(17)25)15-5-7-18(22(32)33)20(26)10-15/h4-12,34H,3H2,1-2H3,(H,30,31)(H,32,33). The molecule has 0 aliphatic carbocycles. The highest BCUT2D eigenvalue weighted by Crippen LogP contribution is 2.50.